The average molecular weight is 289 g/mol. The van der Waals surface area contributed by atoms with E-state index in [1.165, 1.54) is 5.56 Å². The molecule has 2 aromatic carbocycles. The van der Waals surface area contributed by atoms with Gasteiger partial charge in [-0.15, -0.1) is 0 Å². The molecular weight excluding hydrogens is 274 g/mol. The van der Waals surface area contributed by atoms with Crippen molar-refractivity contribution in [2.24, 2.45) is 0 Å². The zero-order chi connectivity index (χ0) is 15.7. The minimum atomic E-state index is -0.913. The molecule has 0 unspecified atom stereocenters. The van der Waals surface area contributed by atoms with Crippen LogP contribution in [-0.4, -0.2) is 11.1 Å². The normalized spacial score (nSPS) is 13.0. The van der Waals surface area contributed by atoms with E-state index in [1.54, 1.807) is 18.2 Å². The zero-order valence-electron chi connectivity index (χ0n) is 12.3. The van der Waals surface area contributed by atoms with Crippen LogP contribution in [0.15, 0.2) is 42.5 Å². The summed E-state index contributed by atoms with van der Waals surface area (Å²) in [6.07, 6.45) is 4.02. The molecule has 0 saturated carbocycles. The molecule has 3 heteroatoms. The maximum atomic E-state index is 11.2. The van der Waals surface area contributed by atoms with Crippen molar-refractivity contribution in [1.82, 2.24) is 0 Å². The molecule has 0 aromatic heterocycles. The molecule has 1 aliphatic rings. The number of allylic oxidation sites excluding steroid dienone is 1. The molecule has 0 saturated heterocycles. The van der Waals surface area contributed by atoms with Gasteiger partial charge in [-0.2, -0.15) is 5.26 Å². The summed E-state index contributed by atoms with van der Waals surface area (Å²) >= 11 is 0. The first kappa shape index (κ1) is 14.1. The van der Waals surface area contributed by atoms with Gasteiger partial charge in [0.1, 0.15) is 0 Å². The number of aromatic carboxylic acids is 1. The van der Waals surface area contributed by atoms with E-state index in [2.05, 4.69) is 12.1 Å². The lowest BCUT2D eigenvalue weighted by Gasteiger charge is -2.20. The second-order valence-electron chi connectivity index (χ2n) is 5.48. The zero-order valence-corrected chi connectivity index (χ0v) is 12.3. The van der Waals surface area contributed by atoms with Crippen molar-refractivity contribution < 1.29 is 9.90 Å². The smallest absolute Gasteiger partial charge is 0.335 e. The molecule has 108 valence electrons. The number of hydrogen-bond donors (Lipinski definition) is 1. The number of hydrogen-bond acceptors (Lipinski definition) is 2. The first-order chi connectivity index (χ1) is 10.6. The maximum Gasteiger partial charge on any atom is 0.335 e. The lowest BCUT2D eigenvalue weighted by atomic mass is 9.84. The Kier molecular flexibility index (Phi) is 3.52. The molecular formula is C19H15NO2. The summed E-state index contributed by atoms with van der Waals surface area (Å²) in [7, 11) is 0. The van der Waals surface area contributed by atoms with Crippen molar-refractivity contribution in [2.45, 2.75) is 19.8 Å². The molecule has 0 radical (unpaired) electrons. The third-order valence-corrected chi connectivity index (χ3v) is 4.05. The van der Waals surface area contributed by atoms with Gasteiger partial charge in [0.15, 0.2) is 0 Å². The Labute approximate surface area is 129 Å². The minimum absolute atomic E-state index is 0.304. The van der Waals surface area contributed by atoms with E-state index in [4.69, 9.17) is 5.26 Å². The summed E-state index contributed by atoms with van der Waals surface area (Å²) in [5, 5.41) is 18.2. The van der Waals surface area contributed by atoms with Crippen LogP contribution >= 0.6 is 0 Å². The topological polar surface area (TPSA) is 61.1 Å². The van der Waals surface area contributed by atoms with Gasteiger partial charge in [-0.25, -0.2) is 4.79 Å². The van der Waals surface area contributed by atoms with Crippen molar-refractivity contribution in [3.05, 3.63) is 75.9 Å². The molecule has 0 heterocycles. The highest BCUT2D eigenvalue weighted by Crippen LogP contribution is 2.34. The van der Waals surface area contributed by atoms with Crippen LogP contribution in [0.25, 0.3) is 5.57 Å². The van der Waals surface area contributed by atoms with Gasteiger partial charge in [-0.05, 0) is 71.9 Å². The van der Waals surface area contributed by atoms with Crippen LogP contribution < -0.4 is 0 Å². The lowest BCUT2D eigenvalue weighted by molar-refractivity contribution is 0.0697. The van der Waals surface area contributed by atoms with Gasteiger partial charge in [-0.1, -0.05) is 18.2 Å². The quantitative estimate of drug-likeness (QED) is 0.910. The highest BCUT2D eigenvalue weighted by molar-refractivity contribution is 5.91. The Balaban J connectivity index is 2.14. The van der Waals surface area contributed by atoms with Gasteiger partial charge in [-0.3, -0.25) is 0 Å². The van der Waals surface area contributed by atoms with Crippen molar-refractivity contribution in [2.75, 3.05) is 0 Å². The van der Waals surface area contributed by atoms with Gasteiger partial charge in [0.05, 0.1) is 17.2 Å². The molecule has 1 N–H and O–H groups in total. The number of nitrogens with zero attached hydrogens (tertiary/aromatic N) is 1. The first-order valence-electron chi connectivity index (χ1n) is 7.18. The Hall–Kier alpha value is -2.86. The number of carboxylic acid groups (broad SMARTS) is 1. The molecule has 0 atom stereocenters. The molecule has 0 spiro atoms. The Bertz CT molecular complexity index is 841. The molecule has 0 bridgehead atoms. The van der Waals surface area contributed by atoms with E-state index in [0.717, 1.165) is 35.1 Å². The van der Waals surface area contributed by atoms with Crippen molar-refractivity contribution >= 4 is 11.5 Å². The van der Waals surface area contributed by atoms with E-state index in [-0.39, 0.29) is 0 Å². The molecule has 0 aliphatic heterocycles. The van der Waals surface area contributed by atoms with E-state index in [1.807, 2.05) is 25.1 Å². The van der Waals surface area contributed by atoms with Crippen LogP contribution in [0.4, 0.5) is 0 Å². The van der Waals surface area contributed by atoms with Gasteiger partial charge >= 0.3 is 5.97 Å². The molecule has 1 aliphatic carbocycles. The third-order valence-electron chi connectivity index (χ3n) is 4.05. The number of aryl methyl sites for hydroxylation is 2. The number of rotatable bonds is 2. The average Bonchev–Trinajstić information content (AvgIpc) is 2.53. The standard InChI is InChI=1S/C19H15NO2/c1-12-9-13(11-20)5-8-16(12)17-4-2-3-14-6-7-15(19(21)22)10-18(14)17/h4-10H,2-3H2,1H3,(H,21,22). The second-order valence-corrected chi connectivity index (χ2v) is 5.48. The number of nitriles is 1. The van der Waals surface area contributed by atoms with Crippen LogP contribution in [0.2, 0.25) is 0 Å². The van der Waals surface area contributed by atoms with Crippen molar-refractivity contribution in [3.8, 4) is 6.07 Å². The van der Waals surface area contributed by atoms with Gasteiger partial charge < -0.3 is 5.11 Å². The monoisotopic (exact) mass is 289 g/mol. The largest absolute Gasteiger partial charge is 0.478 e. The molecule has 0 fully saturated rings. The summed E-state index contributed by atoms with van der Waals surface area (Å²) in [4.78, 5) is 11.2. The molecule has 3 rings (SSSR count). The number of carboxylic acids is 1. The van der Waals surface area contributed by atoms with E-state index in [0.29, 0.717) is 11.1 Å². The minimum Gasteiger partial charge on any atom is -0.478 e. The Morgan fingerprint density at radius 3 is 2.68 bits per heavy atom. The van der Waals surface area contributed by atoms with E-state index in [9.17, 15) is 9.90 Å². The third kappa shape index (κ3) is 2.40. The van der Waals surface area contributed by atoms with Gasteiger partial charge in [0.2, 0.25) is 0 Å². The first-order valence-corrected chi connectivity index (χ1v) is 7.18. The van der Waals surface area contributed by atoms with E-state index >= 15 is 0 Å². The number of carbonyl (C=O) groups is 1. The fourth-order valence-electron chi connectivity index (χ4n) is 2.95. The summed E-state index contributed by atoms with van der Waals surface area (Å²) in [5.74, 6) is -0.913. The summed E-state index contributed by atoms with van der Waals surface area (Å²) in [5.41, 5.74) is 6.24. The van der Waals surface area contributed by atoms with Gasteiger partial charge in [0.25, 0.3) is 0 Å². The summed E-state index contributed by atoms with van der Waals surface area (Å²) < 4.78 is 0. The van der Waals surface area contributed by atoms with Crippen LogP contribution in [0.1, 0.15) is 44.6 Å². The van der Waals surface area contributed by atoms with E-state index < -0.39 is 5.97 Å². The molecule has 3 nitrogen and oxygen atoms in total. The maximum absolute atomic E-state index is 11.2. The van der Waals surface area contributed by atoms with Crippen LogP contribution in [0.3, 0.4) is 0 Å². The predicted molar refractivity (Wildman–Crippen MR) is 84.7 cm³/mol. The van der Waals surface area contributed by atoms with Crippen LogP contribution in [0, 0.1) is 18.3 Å². The number of fused-ring (bicyclic) bond motifs is 1. The van der Waals surface area contributed by atoms with Crippen molar-refractivity contribution in [1.29, 1.82) is 5.26 Å². The Morgan fingerprint density at radius 1 is 1.18 bits per heavy atom. The van der Waals surface area contributed by atoms with Crippen molar-refractivity contribution in [3.63, 3.8) is 0 Å². The van der Waals surface area contributed by atoms with Gasteiger partial charge in [0, 0.05) is 0 Å². The fourth-order valence-corrected chi connectivity index (χ4v) is 2.95. The summed E-state index contributed by atoms with van der Waals surface area (Å²) in [6.45, 7) is 1.98. The second kappa shape index (κ2) is 5.50. The molecule has 0 amide bonds. The highest BCUT2D eigenvalue weighted by atomic mass is 16.4. The predicted octanol–water partition coefficient (Wildman–Crippen LogP) is 3.94. The summed E-state index contributed by atoms with van der Waals surface area (Å²) in [6, 6.07) is 13.1. The molecule has 22 heavy (non-hydrogen) atoms. The Morgan fingerprint density at radius 2 is 2.00 bits per heavy atom. The lowest BCUT2D eigenvalue weighted by Crippen LogP contribution is -2.05. The van der Waals surface area contributed by atoms with Crippen LogP contribution in [0.5, 0.6) is 0 Å². The highest BCUT2D eigenvalue weighted by Gasteiger charge is 2.17. The fraction of sp³-hybridized carbons (Fsp3) is 0.158. The van der Waals surface area contributed by atoms with Crippen LogP contribution in [-0.2, 0) is 6.42 Å². The molecule has 2 aromatic rings. The SMILES string of the molecule is Cc1cc(C#N)ccc1C1=CCCc2ccc(C(=O)O)cc21. The number of benzene rings is 2.